The maximum atomic E-state index is 12.3. The summed E-state index contributed by atoms with van der Waals surface area (Å²) in [6.45, 7) is 12.2. The molecule has 0 heterocycles. The third-order valence-electron chi connectivity index (χ3n) is 4.45. The van der Waals surface area contributed by atoms with E-state index >= 15 is 0 Å². The molecule has 26 heavy (non-hydrogen) atoms. The van der Waals surface area contributed by atoms with Crippen molar-refractivity contribution in [2.24, 2.45) is 0 Å². The van der Waals surface area contributed by atoms with Gasteiger partial charge in [-0.25, -0.2) is 4.79 Å². The lowest BCUT2D eigenvalue weighted by atomic mass is 9.98. The van der Waals surface area contributed by atoms with Gasteiger partial charge < -0.3 is 14.8 Å². The molecule has 2 aromatic rings. The van der Waals surface area contributed by atoms with Crippen molar-refractivity contribution in [3.8, 4) is 5.75 Å². The molecular formula is C22H27NO3. The maximum absolute atomic E-state index is 12.3. The van der Waals surface area contributed by atoms with Crippen molar-refractivity contribution in [3.63, 3.8) is 0 Å². The number of methoxy groups -OCH3 is 1. The summed E-state index contributed by atoms with van der Waals surface area (Å²) in [7, 11) is 1.65. The first-order valence-electron chi connectivity index (χ1n) is 8.71. The second kappa shape index (κ2) is 8.56. The molecule has 0 spiro atoms. The highest BCUT2D eigenvalue weighted by atomic mass is 16.5. The number of esters is 1. The van der Waals surface area contributed by atoms with E-state index in [2.05, 4.69) is 11.9 Å². The molecule has 2 aromatic carbocycles. The highest BCUT2D eigenvalue weighted by molar-refractivity contribution is 5.90. The topological polar surface area (TPSA) is 47.6 Å². The molecule has 0 fully saturated rings. The SMILES string of the molecule is C=C(C(=O)OCC)[C@@H](Nc1cc(C)c(C)c(OC)c1)c1ccc(C)cc1. The summed E-state index contributed by atoms with van der Waals surface area (Å²) >= 11 is 0. The molecule has 138 valence electrons. The highest BCUT2D eigenvalue weighted by Gasteiger charge is 2.22. The minimum Gasteiger partial charge on any atom is -0.496 e. The molecule has 0 aliphatic heterocycles. The Morgan fingerprint density at radius 2 is 1.81 bits per heavy atom. The number of ether oxygens (including phenoxy) is 2. The van der Waals surface area contributed by atoms with Crippen LogP contribution in [-0.2, 0) is 9.53 Å². The Morgan fingerprint density at radius 1 is 1.15 bits per heavy atom. The summed E-state index contributed by atoms with van der Waals surface area (Å²) in [5.74, 6) is 0.401. The van der Waals surface area contributed by atoms with Crippen LogP contribution < -0.4 is 10.1 Å². The smallest absolute Gasteiger partial charge is 0.335 e. The molecule has 2 rings (SSSR count). The van der Waals surface area contributed by atoms with Crippen LogP contribution >= 0.6 is 0 Å². The van der Waals surface area contributed by atoms with Crippen LogP contribution in [0.5, 0.6) is 5.75 Å². The van der Waals surface area contributed by atoms with Gasteiger partial charge in [-0.05, 0) is 50.5 Å². The number of rotatable bonds is 7. The van der Waals surface area contributed by atoms with Gasteiger partial charge >= 0.3 is 5.97 Å². The van der Waals surface area contributed by atoms with Crippen LogP contribution in [0.1, 0.15) is 35.2 Å². The zero-order chi connectivity index (χ0) is 19.3. The Labute approximate surface area is 155 Å². The first kappa shape index (κ1) is 19.6. The molecule has 4 heteroatoms. The second-order valence-electron chi connectivity index (χ2n) is 6.35. The summed E-state index contributed by atoms with van der Waals surface area (Å²) in [6.07, 6.45) is 0. The number of hydrogen-bond donors (Lipinski definition) is 1. The third-order valence-corrected chi connectivity index (χ3v) is 4.45. The van der Waals surface area contributed by atoms with Crippen LogP contribution in [-0.4, -0.2) is 19.7 Å². The predicted octanol–water partition coefficient (Wildman–Crippen LogP) is 4.89. The van der Waals surface area contributed by atoms with Gasteiger partial charge in [0.15, 0.2) is 0 Å². The van der Waals surface area contributed by atoms with Crippen molar-refractivity contribution in [2.75, 3.05) is 19.0 Å². The largest absolute Gasteiger partial charge is 0.496 e. The van der Waals surface area contributed by atoms with Crippen LogP contribution in [0.15, 0.2) is 48.6 Å². The Morgan fingerprint density at radius 3 is 2.38 bits per heavy atom. The van der Waals surface area contributed by atoms with Crippen LogP contribution in [0.25, 0.3) is 0 Å². The van der Waals surface area contributed by atoms with E-state index in [1.54, 1.807) is 14.0 Å². The van der Waals surface area contributed by atoms with E-state index in [0.29, 0.717) is 12.2 Å². The summed E-state index contributed by atoms with van der Waals surface area (Å²) in [4.78, 5) is 12.3. The normalized spacial score (nSPS) is 11.6. The van der Waals surface area contributed by atoms with Gasteiger partial charge in [0.1, 0.15) is 5.75 Å². The lowest BCUT2D eigenvalue weighted by molar-refractivity contribution is -0.138. The lowest BCUT2D eigenvalue weighted by Crippen LogP contribution is -2.20. The van der Waals surface area contributed by atoms with E-state index in [1.807, 2.05) is 57.2 Å². The van der Waals surface area contributed by atoms with E-state index < -0.39 is 5.97 Å². The first-order valence-corrected chi connectivity index (χ1v) is 8.71. The average Bonchev–Trinajstić information content (AvgIpc) is 2.63. The Kier molecular flexibility index (Phi) is 6.45. The fraction of sp³-hybridized carbons (Fsp3) is 0.318. The number of carbonyl (C=O) groups excluding carboxylic acids is 1. The number of carbonyl (C=O) groups is 1. The van der Waals surface area contributed by atoms with E-state index in [0.717, 1.165) is 33.7 Å². The van der Waals surface area contributed by atoms with Crippen molar-refractivity contribution < 1.29 is 14.3 Å². The molecular weight excluding hydrogens is 326 g/mol. The fourth-order valence-electron chi connectivity index (χ4n) is 2.76. The lowest BCUT2D eigenvalue weighted by Gasteiger charge is -2.23. The monoisotopic (exact) mass is 353 g/mol. The third kappa shape index (κ3) is 4.45. The van der Waals surface area contributed by atoms with Gasteiger partial charge in [-0.2, -0.15) is 0 Å². The average molecular weight is 353 g/mol. The first-order chi connectivity index (χ1) is 12.4. The van der Waals surface area contributed by atoms with Gasteiger partial charge in [0, 0.05) is 11.8 Å². The van der Waals surface area contributed by atoms with Crippen LogP contribution in [0, 0.1) is 20.8 Å². The summed E-state index contributed by atoms with van der Waals surface area (Å²) < 4.78 is 10.6. The minimum absolute atomic E-state index is 0.315. The molecule has 0 saturated heterocycles. The molecule has 0 saturated carbocycles. The van der Waals surface area contributed by atoms with Gasteiger partial charge in [0.05, 0.1) is 25.3 Å². The second-order valence-corrected chi connectivity index (χ2v) is 6.35. The van der Waals surface area contributed by atoms with E-state index in [-0.39, 0.29) is 6.04 Å². The zero-order valence-corrected chi connectivity index (χ0v) is 16.2. The zero-order valence-electron chi connectivity index (χ0n) is 16.2. The van der Waals surface area contributed by atoms with Crippen molar-refractivity contribution in [2.45, 2.75) is 33.7 Å². The van der Waals surface area contributed by atoms with Crippen LogP contribution in [0.4, 0.5) is 5.69 Å². The number of benzene rings is 2. The van der Waals surface area contributed by atoms with Gasteiger partial charge in [0.25, 0.3) is 0 Å². The molecule has 1 N–H and O–H groups in total. The van der Waals surface area contributed by atoms with Gasteiger partial charge in [-0.15, -0.1) is 0 Å². The van der Waals surface area contributed by atoms with E-state index in [1.165, 1.54) is 0 Å². The summed E-state index contributed by atoms with van der Waals surface area (Å²) in [5.41, 5.74) is 5.53. The molecule has 0 unspecified atom stereocenters. The summed E-state index contributed by atoms with van der Waals surface area (Å²) in [5, 5.41) is 3.42. The minimum atomic E-state index is -0.402. The van der Waals surface area contributed by atoms with Crippen LogP contribution in [0.2, 0.25) is 0 Å². The molecule has 0 bridgehead atoms. The molecule has 0 aliphatic rings. The van der Waals surface area contributed by atoms with Crippen molar-refractivity contribution >= 4 is 11.7 Å². The van der Waals surface area contributed by atoms with Crippen molar-refractivity contribution in [3.05, 3.63) is 70.8 Å². The van der Waals surface area contributed by atoms with E-state index in [4.69, 9.17) is 9.47 Å². The van der Waals surface area contributed by atoms with Gasteiger partial charge in [-0.1, -0.05) is 36.4 Å². The number of anilines is 1. The summed E-state index contributed by atoms with van der Waals surface area (Å²) in [6, 6.07) is 11.6. The predicted molar refractivity (Wildman–Crippen MR) is 106 cm³/mol. The fourth-order valence-corrected chi connectivity index (χ4v) is 2.76. The Hall–Kier alpha value is -2.75. The molecule has 0 aromatic heterocycles. The number of hydrogen-bond acceptors (Lipinski definition) is 4. The molecule has 4 nitrogen and oxygen atoms in total. The number of aryl methyl sites for hydroxylation is 2. The quantitative estimate of drug-likeness (QED) is 0.568. The maximum Gasteiger partial charge on any atom is 0.335 e. The molecule has 0 aliphatic carbocycles. The molecule has 0 radical (unpaired) electrons. The highest BCUT2D eigenvalue weighted by Crippen LogP contribution is 2.31. The molecule has 1 atom stereocenters. The van der Waals surface area contributed by atoms with Crippen molar-refractivity contribution in [1.29, 1.82) is 0 Å². The standard InChI is InChI=1S/C22H27NO3/c1-7-26-22(24)17(5)21(18-10-8-14(2)9-11-18)23-19-12-15(3)16(4)20(13-19)25-6/h8-13,21,23H,5,7H2,1-4,6H3/t21-/m1/s1. The van der Waals surface area contributed by atoms with Gasteiger partial charge in [-0.3, -0.25) is 0 Å². The van der Waals surface area contributed by atoms with Crippen LogP contribution in [0.3, 0.4) is 0 Å². The van der Waals surface area contributed by atoms with E-state index in [9.17, 15) is 4.79 Å². The van der Waals surface area contributed by atoms with Crippen molar-refractivity contribution in [1.82, 2.24) is 0 Å². The molecule has 0 amide bonds. The Balaban J connectivity index is 2.41. The van der Waals surface area contributed by atoms with Gasteiger partial charge in [0.2, 0.25) is 0 Å². The number of nitrogens with one attached hydrogen (secondary N) is 1. The Bertz CT molecular complexity index is 794.